The normalized spacial score (nSPS) is 18.9. The lowest BCUT2D eigenvalue weighted by Gasteiger charge is -2.30. The van der Waals surface area contributed by atoms with Gasteiger partial charge in [0.2, 0.25) is 5.96 Å². The van der Waals surface area contributed by atoms with Crippen molar-refractivity contribution in [2.75, 3.05) is 12.4 Å². The van der Waals surface area contributed by atoms with Crippen LogP contribution in [0.2, 0.25) is 0 Å². The highest BCUT2D eigenvalue weighted by atomic mass is 16.5. The second-order valence-corrected chi connectivity index (χ2v) is 7.03. The van der Waals surface area contributed by atoms with Crippen LogP contribution in [0.1, 0.15) is 30.9 Å². The number of nitrogens with zero attached hydrogens (tertiary/aromatic N) is 2. The molecule has 2 heterocycles. The van der Waals surface area contributed by atoms with Crippen LogP contribution in [0.3, 0.4) is 0 Å². The summed E-state index contributed by atoms with van der Waals surface area (Å²) in [6.45, 7) is 0. The third-order valence-corrected chi connectivity index (χ3v) is 5.21. The van der Waals surface area contributed by atoms with E-state index < -0.39 is 6.04 Å². The van der Waals surface area contributed by atoms with Crippen LogP contribution in [-0.2, 0) is 4.79 Å². The van der Waals surface area contributed by atoms with Gasteiger partial charge in [0.15, 0.2) is 11.4 Å². The van der Waals surface area contributed by atoms with Crippen molar-refractivity contribution >= 4 is 28.9 Å². The second-order valence-electron chi connectivity index (χ2n) is 7.03. The number of para-hydroxylation sites is 3. The quantitative estimate of drug-likeness (QED) is 0.706. The first-order chi connectivity index (χ1) is 14.2. The molecule has 1 aliphatic carbocycles. The molecule has 0 saturated heterocycles. The number of methoxy groups -OCH3 is 1. The number of hydrogen-bond donors (Lipinski definition) is 2. The molecule has 0 bridgehead atoms. The molecule has 0 radical (unpaired) electrons. The van der Waals surface area contributed by atoms with Gasteiger partial charge in [0.1, 0.15) is 17.3 Å². The maximum absolute atomic E-state index is 12.7. The van der Waals surface area contributed by atoms with Gasteiger partial charge in [-0.25, -0.2) is 4.99 Å². The summed E-state index contributed by atoms with van der Waals surface area (Å²) < 4.78 is 11.3. The SMILES string of the molecule is COc1ccccc1C1N=C(Nc2nc3ccccc3o2)NC2=C1C(=O)CCC2. The standard InChI is InChI=1S/C22H20N4O3/c1-28-17-11-4-2-7-13(17)20-19-15(9-6-10-16(19)27)23-21(25-20)26-22-24-14-8-3-5-12-18(14)29-22/h2-5,7-8,11-12,20H,6,9-10H2,1H3,(H2,23,24,25,26). The average molecular weight is 388 g/mol. The lowest BCUT2D eigenvalue weighted by Crippen LogP contribution is -2.38. The molecule has 1 unspecified atom stereocenters. The van der Waals surface area contributed by atoms with Crippen LogP contribution in [0.5, 0.6) is 5.75 Å². The highest BCUT2D eigenvalue weighted by Crippen LogP contribution is 2.39. The lowest BCUT2D eigenvalue weighted by molar-refractivity contribution is -0.116. The number of fused-ring (bicyclic) bond motifs is 1. The summed E-state index contributed by atoms with van der Waals surface area (Å²) >= 11 is 0. The minimum Gasteiger partial charge on any atom is -0.496 e. The topological polar surface area (TPSA) is 88.8 Å². The number of aromatic nitrogens is 1. The smallest absolute Gasteiger partial charge is 0.302 e. The van der Waals surface area contributed by atoms with Gasteiger partial charge in [-0.2, -0.15) is 4.98 Å². The van der Waals surface area contributed by atoms with Gasteiger partial charge in [-0.15, -0.1) is 0 Å². The van der Waals surface area contributed by atoms with E-state index in [0.717, 1.165) is 29.6 Å². The molecule has 0 fully saturated rings. The maximum atomic E-state index is 12.7. The van der Waals surface area contributed by atoms with E-state index in [-0.39, 0.29) is 5.78 Å². The van der Waals surface area contributed by atoms with Crippen LogP contribution >= 0.6 is 0 Å². The fourth-order valence-electron chi connectivity index (χ4n) is 3.89. The first kappa shape index (κ1) is 17.5. The molecule has 5 rings (SSSR count). The number of rotatable bonds is 3. The summed E-state index contributed by atoms with van der Waals surface area (Å²) in [4.78, 5) is 22.0. The van der Waals surface area contributed by atoms with Gasteiger partial charge < -0.3 is 14.5 Å². The first-order valence-corrected chi connectivity index (χ1v) is 9.59. The number of ketones is 1. The third kappa shape index (κ3) is 3.14. The zero-order valence-electron chi connectivity index (χ0n) is 15.9. The van der Waals surface area contributed by atoms with Crippen LogP contribution < -0.4 is 15.4 Å². The number of ether oxygens (including phenoxy) is 1. The van der Waals surface area contributed by atoms with Crippen molar-refractivity contribution in [3.8, 4) is 5.75 Å². The van der Waals surface area contributed by atoms with E-state index in [9.17, 15) is 4.79 Å². The summed E-state index contributed by atoms with van der Waals surface area (Å²) in [5, 5.41) is 6.40. The van der Waals surface area contributed by atoms with Gasteiger partial charge in [-0.3, -0.25) is 10.1 Å². The van der Waals surface area contributed by atoms with E-state index in [0.29, 0.717) is 35.3 Å². The number of anilines is 1. The molecule has 1 aliphatic heterocycles. The summed E-state index contributed by atoms with van der Waals surface area (Å²) in [5.74, 6) is 1.33. The molecular formula is C22H20N4O3. The summed E-state index contributed by atoms with van der Waals surface area (Å²) in [5.41, 5.74) is 3.92. The number of allylic oxidation sites excluding steroid dienone is 1. The molecule has 29 heavy (non-hydrogen) atoms. The van der Waals surface area contributed by atoms with E-state index in [2.05, 4.69) is 15.6 Å². The number of oxazole rings is 1. The molecule has 0 amide bonds. The Morgan fingerprint density at radius 3 is 2.83 bits per heavy atom. The number of nitrogens with one attached hydrogen (secondary N) is 2. The monoisotopic (exact) mass is 388 g/mol. The minimum atomic E-state index is -0.443. The van der Waals surface area contributed by atoms with Crippen molar-refractivity contribution in [1.82, 2.24) is 10.3 Å². The van der Waals surface area contributed by atoms with Gasteiger partial charge >= 0.3 is 6.01 Å². The minimum absolute atomic E-state index is 0.124. The highest BCUT2D eigenvalue weighted by Gasteiger charge is 2.34. The van der Waals surface area contributed by atoms with Crippen LogP contribution in [0.4, 0.5) is 6.01 Å². The number of Topliss-reactive ketones (excluding diaryl/α,β-unsaturated/α-hetero) is 1. The number of carbonyl (C=O) groups is 1. The van der Waals surface area contributed by atoms with E-state index in [1.807, 2.05) is 48.5 Å². The molecule has 2 aliphatic rings. The zero-order valence-corrected chi connectivity index (χ0v) is 15.9. The van der Waals surface area contributed by atoms with Gasteiger partial charge in [0.05, 0.1) is 7.11 Å². The number of benzene rings is 2. The van der Waals surface area contributed by atoms with Gasteiger partial charge in [-0.05, 0) is 31.0 Å². The molecule has 2 N–H and O–H groups in total. The number of guanidine groups is 1. The average Bonchev–Trinajstić information content (AvgIpc) is 3.15. The van der Waals surface area contributed by atoms with Crippen molar-refractivity contribution in [2.45, 2.75) is 25.3 Å². The Morgan fingerprint density at radius 1 is 1.14 bits per heavy atom. The van der Waals surface area contributed by atoms with Crippen molar-refractivity contribution < 1.29 is 13.9 Å². The van der Waals surface area contributed by atoms with E-state index in [1.54, 1.807) is 7.11 Å². The Balaban J connectivity index is 1.55. The lowest BCUT2D eigenvalue weighted by atomic mass is 9.85. The Bertz CT molecular complexity index is 1130. The molecule has 146 valence electrons. The Kier molecular flexibility index (Phi) is 4.27. The van der Waals surface area contributed by atoms with Crippen molar-refractivity contribution in [1.29, 1.82) is 0 Å². The van der Waals surface area contributed by atoms with Crippen LogP contribution in [0.25, 0.3) is 11.1 Å². The van der Waals surface area contributed by atoms with Gasteiger partial charge in [0, 0.05) is 23.3 Å². The zero-order chi connectivity index (χ0) is 19.8. The fraction of sp³-hybridized carbons (Fsp3) is 0.227. The number of hydrogen-bond acceptors (Lipinski definition) is 7. The van der Waals surface area contributed by atoms with E-state index >= 15 is 0 Å². The summed E-state index contributed by atoms with van der Waals surface area (Å²) in [6.07, 6.45) is 2.15. The molecule has 1 atom stereocenters. The van der Waals surface area contributed by atoms with Crippen molar-refractivity contribution in [2.24, 2.45) is 4.99 Å². The Morgan fingerprint density at radius 2 is 1.97 bits per heavy atom. The molecule has 7 heteroatoms. The van der Waals surface area contributed by atoms with E-state index in [1.165, 1.54) is 0 Å². The number of carbonyl (C=O) groups excluding carboxylic acids is 1. The summed E-state index contributed by atoms with van der Waals surface area (Å²) in [6, 6.07) is 15.1. The predicted molar refractivity (Wildman–Crippen MR) is 110 cm³/mol. The van der Waals surface area contributed by atoms with Crippen LogP contribution in [0.15, 0.2) is 69.2 Å². The fourth-order valence-corrected chi connectivity index (χ4v) is 3.89. The first-order valence-electron chi connectivity index (χ1n) is 9.59. The molecule has 7 nitrogen and oxygen atoms in total. The third-order valence-electron chi connectivity index (χ3n) is 5.21. The maximum Gasteiger partial charge on any atom is 0.302 e. The second kappa shape index (κ2) is 7.09. The molecule has 0 saturated carbocycles. The molecular weight excluding hydrogens is 368 g/mol. The van der Waals surface area contributed by atoms with Gasteiger partial charge in [0.25, 0.3) is 0 Å². The van der Waals surface area contributed by atoms with Gasteiger partial charge in [-0.1, -0.05) is 30.3 Å². The van der Waals surface area contributed by atoms with Crippen LogP contribution in [-0.4, -0.2) is 23.8 Å². The highest BCUT2D eigenvalue weighted by molar-refractivity contribution is 6.03. The molecule has 1 aromatic heterocycles. The predicted octanol–water partition coefficient (Wildman–Crippen LogP) is 3.96. The molecule has 3 aromatic rings. The van der Waals surface area contributed by atoms with Crippen LogP contribution in [0, 0.1) is 0 Å². The molecule has 2 aromatic carbocycles. The Labute approximate surface area is 167 Å². The molecule has 0 spiro atoms. The number of aliphatic imine (C=N–C) groups is 1. The largest absolute Gasteiger partial charge is 0.496 e. The Hall–Kier alpha value is -3.61. The summed E-state index contributed by atoms with van der Waals surface area (Å²) in [7, 11) is 1.62. The van der Waals surface area contributed by atoms with Crippen molar-refractivity contribution in [3.05, 3.63) is 65.4 Å². The van der Waals surface area contributed by atoms with E-state index in [4.69, 9.17) is 14.1 Å². The van der Waals surface area contributed by atoms with Crippen molar-refractivity contribution in [3.63, 3.8) is 0 Å².